The molecule has 0 saturated heterocycles. The number of hydrogen-bond donors (Lipinski definition) is 2. The molecule has 0 aliphatic rings. The number of carboxylic acids is 1. The molecule has 0 fully saturated rings. The van der Waals surface area contributed by atoms with E-state index in [2.05, 4.69) is 5.32 Å². The molecule has 1 rings (SSSR count). The summed E-state index contributed by atoms with van der Waals surface area (Å²) in [5, 5.41) is 12.5. The van der Waals surface area contributed by atoms with Gasteiger partial charge in [0.15, 0.2) is 0 Å². The highest BCUT2D eigenvalue weighted by Gasteiger charge is 2.18. The average molecular weight is 330 g/mol. The van der Waals surface area contributed by atoms with Crippen molar-refractivity contribution in [3.63, 3.8) is 0 Å². The third-order valence-electron chi connectivity index (χ3n) is 2.90. The lowest BCUT2D eigenvalue weighted by atomic mass is 10.0. The third kappa shape index (κ3) is 6.19. The Kier molecular flexibility index (Phi) is 6.72. The zero-order valence-electron chi connectivity index (χ0n) is 11.8. The van der Waals surface area contributed by atoms with Gasteiger partial charge in [-0.15, -0.1) is 0 Å². The van der Waals surface area contributed by atoms with E-state index in [4.69, 9.17) is 28.3 Å². The van der Waals surface area contributed by atoms with Crippen LogP contribution in [0.3, 0.4) is 0 Å². The van der Waals surface area contributed by atoms with Crippen molar-refractivity contribution in [3.05, 3.63) is 39.9 Å². The van der Waals surface area contributed by atoms with E-state index in [1.807, 2.05) is 13.8 Å². The number of carboxylic acid groups (broad SMARTS) is 1. The second-order valence-corrected chi connectivity index (χ2v) is 5.80. The van der Waals surface area contributed by atoms with Crippen LogP contribution in [0.1, 0.15) is 25.8 Å². The first-order chi connectivity index (χ1) is 9.79. The molecule has 6 heteroatoms. The van der Waals surface area contributed by atoms with Crippen LogP contribution >= 0.6 is 23.2 Å². The average Bonchev–Trinajstić information content (AvgIpc) is 2.38. The minimum atomic E-state index is -0.948. The highest BCUT2D eigenvalue weighted by atomic mass is 35.5. The fourth-order valence-corrected chi connectivity index (χ4v) is 2.04. The van der Waals surface area contributed by atoms with Crippen LogP contribution in [0, 0.1) is 5.92 Å². The van der Waals surface area contributed by atoms with E-state index >= 15 is 0 Å². The molecule has 1 atom stereocenters. The number of carbonyl (C=O) groups is 2. The predicted molar refractivity (Wildman–Crippen MR) is 84.5 cm³/mol. The van der Waals surface area contributed by atoms with Crippen LogP contribution in [0.15, 0.2) is 24.3 Å². The fraction of sp³-hybridized carbons (Fsp3) is 0.333. The van der Waals surface area contributed by atoms with E-state index in [0.29, 0.717) is 15.6 Å². The van der Waals surface area contributed by atoms with Crippen LogP contribution in [0.4, 0.5) is 0 Å². The van der Waals surface area contributed by atoms with Gasteiger partial charge in [0.25, 0.3) is 0 Å². The van der Waals surface area contributed by atoms with Gasteiger partial charge in [-0.25, -0.2) is 0 Å². The Hall–Kier alpha value is -1.52. The zero-order valence-corrected chi connectivity index (χ0v) is 13.3. The number of aliphatic carboxylic acids is 1. The summed E-state index contributed by atoms with van der Waals surface area (Å²) in [6.45, 7) is 3.71. The quantitative estimate of drug-likeness (QED) is 0.783. The molecule has 0 aliphatic carbocycles. The van der Waals surface area contributed by atoms with E-state index < -0.39 is 12.0 Å². The first-order valence-corrected chi connectivity index (χ1v) is 7.20. The number of rotatable bonds is 6. The molecule has 1 amide bonds. The van der Waals surface area contributed by atoms with Crippen molar-refractivity contribution in [2.45, 2.75) is 26.3 Å². The normalized spacial score (nSPS) is 12.6. The van der Waals surface area contributed by atoms with E-state index in [-0.39, 0.29) is 18.2 Å². The standard InChI is InChI=1S/C15H17Cl2NO3/c1-9(2)13(8-15(20)21)18-14(19)6-3-10-7-11(16)4-5-12(10)17/h3-7,9,13H,8H2,1-2H3,(H,18,19)(H,20,21)/b6-3+. The van der Waals surface area contributed by atoms with E-state index in [1.165, 1.54) is 6.08 Å². The second-order valence-electron chi connectivity index (χ2n) is 4.96. The molecule has 21 heavy (non-hydrogen) atoms. The maximum absolute atomic E-state index is 11.8. The molecule has 114 valence electrons. The summed E-state index contributed by atoms with van der Waals surface area (Å²) in [5.74, 6) is -1.30. The summed E-state index contributed by atoms with van der Waals surface area (Å²) < 4.78 is 0. The largest absolute Gasteiger partial charge is 0.481 e. The van der Waals surface area contributed by atoms with Crippen LogP contribution < -0.4 is 5.32 Å². The Morgan fingerprint density at radius 2 is 2.00 bits per heavy atom. The van der Waals surface area contributed by atoms with Gasteiger partial charge >= 0.3 is 5.97 Å². The van der Waals surface area contributed by atoms with Crippen LogP contribution in [0.5, 0.6) is 0 Å². The van der Waals surface area contributed by atoms with Gasteiger partial charge in [-0.05, 0) is 35.8 Å². The molecule has 4 nitrogen and oxygen atoms in total. The fourth-order valence-electron chi connectivity index (χ4n) is 1.68. The molecule has 1 aromatic rings. The topological polar surface area (TPSA) is 66.4 Å². The number of halogens is 2. The monoisotopic (exact) mass is 329 g/mol. The van der Waals surface area contributed by atoms with Gasteiger partial charge in [-0.3, -0.25) is 9.59 Å². The van der Waals surface area contributed by atoms with E-state index in [0.717, 1.165) is 0 Å². The van der Waals surface area contributed by atoms with Crippen molar-refractivity contribution in [1.29, 1.82) is 0 Å². The number of hydrogen-bond acceptors (Lipinski definition) is 2. The van der Waals surface area contributed by atoms with Gasteiger partial charge in [0.05, 0.1) is 6.42 Å². The minimum Gasteiger partial charge on any atom is -0.481 e. The first kappa shape index (κ1) is 17.5. The molecular formula is C15H17Cl2NO3. The number of carbonyl (C=O) groups excluding carboxylic acids is 1. The van der Waals surface area contributed by atoms with E-state index in [1.54, 1.807) is 24.3 Å². The lowest BCUT2D eigenvalue weighted by Crippen LogP contribution is -2.39. The third-order valence-corrected chi connectivity index (χ3v) is 3.48. The molecule has 0 radical (unpaired) electrons. The van der Waals surface area contributed by atoms with Gasteiger partial charge in [0, 0.05) is 22.2 Å². The molecule has 0 heterocycles. The van der Waals surface area contributed by atoms with Crippen molar-refractivity contribution < 1.29 is 14.7 Å². The van der Waals surface area contributed by atoms with Crippen molar-refractivity contribution in [1.82, 2.24) is 5.32 Å². The van der Waals surface area contributed by atoms with Crippen molar-refractivity contribution in [3.8, 4) is 0 Å². The Labute approximate surface area is 133 Å². The van der Waals surface area contributed by atoms with E-state index in [9.17, 15) is 9.59 Å². The smallest absolute Gasteiger partial charge is 0.305 e. The van der Waals surface area contributed by atoms with Crippen LogP contribution in [-0.2, 0) is 9.59 Å². The Balaban J connectivity index is 2.73. The first-order valence-electron chi connectivity index (χ1n) is 6.45. The summed E-state index contributed by atoms with van der Waals surface area (Å²) in [6.07, 6.45) is 2.74. The zero-order chi connectivity index (χ0) is 16.0. The summed E-state index contributed by atoms with van der Waals surface area (Å²) in [5.41, 5.74) is 0.624. The molecule has 0 spiro atoms. The maximum atomic E-state index is 11.8. The SMILES string of the molecule is CC(C)C(CC(=O)O)NC(=O)/C=C/c1cc(Cl)ccc1Cl. The number of benzene rings is 1. The highest BCUT2D eigenvalue weighted by molar-refractivity contribution is 6.34. The van der Waals surface area contributed by atoms with Gasteiger partial charge in [-0.1, -0.05) is 37.0 Å². The lowest BCUT2D eigenvalue weighted by molar-refractivity contribution is -0.138. The molecule has 0 bridgehead atoms. The molecule has 0 aliphatic heterocycles. The van der Waals surface area contributed by atoms with Crippen molar-refractivity contribution in [2.75, 3.05) is 0 Å². The number of nitrogens with one attached hydrogen (secondary N) is 1. The lowest BCUT2D eigenvalue weighted by Gasteiger charge is -2.19. The summed E-state index contributed by atoms with van der Waals surface area (Å²) in [6, 6.07) is 4.52. The van der Waals surface area contributed by atoms with Gasteiger partial charge in [-0.2, -0.15) is 0 Å². The Morgan fingerprint density at radius 3 is 2.57 bits per heavy atom. The van der Waals surface area contributed by atoms with Crippen LogP contribution in [0.25, 0.3) is 6.08 Å². The summed E-state index contributed by atoms with van der Waals surface area (Å²) >= 11 is 11.8. The van der Waals surface area contributed by atoms with Crippen LogP contribution in [0.2, 0.25) is 10.0 Å². The Morgan fingerprint density at radius 1 is 1.33 bits per heavy atom. The summed E-state index contributed by atoms with van der Waals surface area (Å²) in [7, 11) is 0. The van der Waals surface area contributed by atoms with Crippen molar-refractivity contribution in [2.24, 2.45) is 5.92 Å². The molecule has 0 aromatic heterocycles. The van der Waals surface area contributed by atoms with Gasteiger partial charge < -0.3 is 10.4 Å². The predicted octanol–water partition coefficient (Wildman–Crippen LogP) is 3.62. The minimum absolute atomic E-state index is 0.0215. The van der Waals surface area contributed by atoms with Gasteiger partial charge in [0.1, 0.15) is 0 Å². The van der Waals surface area contributed by atoms with Crippen LogP contribution in [-0.4, -0.2) is 23.0 Å². The van der Waals surface area contributed by atoms with Gasteiger partial charge in [0.2, 0.25) is 5.91 Å². The second kappa shape index (κ2) is 8.05. The van der Waals surface area contributed by atoms with Crippen molar-refractivity contribution >= 4 is 41.2 Å². The molecule has 2 N–H and O–H groups in total. The molecule has 1 aromatic carbocycles. The molecule has 1 unspecified atom stereocenters. The Bertz CT molecular complexity index is 556. The molecular weight excluding hydrogens is 313 g/mol. The summed E-state index contributed by atoms with van der Waals surface area (Å²) in [4.78, 5) is 22.6. The molecule has 0 saturated carbocycles. The maximum Gasteiger partial charge on any atom is 0.305 e. The highest BCUT2D eigenvalue weighted by Crippen LogP contribution is 2.21. The number of amides is 1.